The van der Waals surface area contributed by atoms with Gasteiger partial charge in [0.2, 0.25) is 0 Å². The molecule has 0 saturated carbocycles. The minimum Gasteiger partial charge on any atom is -0.550 e. The third-order valence-corrected chi connectivity index (χ3v) is 12.1. The Morgan fingerprint density at radius 1 is 0.236 bits per heavy atom. The number of hydrogen-bond donors (Lipinski definition) is 0. The Balaban J connectivity index is -0.0000000915. The number of carbonyl (C=O) groups is 7. The van der Waals surface area contributed by atoms with Gasteiger partial charge < -0.3 is 69.3 Å². The zero-order valence-electron chi connectivity index (χ0n) is 47.9. The predicted molar refractivity (Wildman–Crippen MR) is 268 cm³/mol. The molecule has 0 fully saturated rings. The molecule has 0 spiro atoms. The van der Waals surface area contributed by atoms with E-state index < -0.39 is 41.8 Å². The zero-order valence-corrected chi connectivity index (χ0v) is 50.4. The summed E-state index contributed by atoms with van der Waals surface area (Å²) in [5.41, 5.74) is 0. The maximum absolute atomic E-state index is 10.3. The summed E-state index contributed by atoms with van der Waals surface area (Å²) in [6.45, 7) is 27.6. The Labute approximate surface area is 462 Å². The fraction of sp³-hybridized carbons (Fsp3) is 0.875. The molecule has 72 heavy (non-hydrogen) atoms. The van der Waals surface area contributed by atoms with E-state index >= 15 is 0 Å². The quantitative estimate of drug-likeness (QED) is 0.0600. The van der Waals surface area contributed by atoms with Gasteiger partial charge in [-0.15, -0.1) is 0 Å². The number of carbonyl (C=O) groups excluding carboxylic acids is 7. The average molecular weight is 1110 g/mol. The van der Waals surface area contributed by atoms with E-state index in [1.54, 1.807) is 0 Å². The summed E-state index contributed by atoms with van der Waals surface area (Å²) < 4.78 is 0. The molecule has 7 atom stereocenters. The van der Waals surface area contributed by atoms with Crippen molar-refractivity contribution in [1.29, 1.82) is 0 Å². The molecule has 0 aromatic carbocycles. The summed E-state index contributed by atoms with van der Waals surface area (Å²) in [6.07, 6.45) is 24.7. The van der Waals surface area contributed by atoms with Gasteiger partial charge in [-0.2, -0.15) is 0 Å². The minimum atomic E-state index is -0.893. The molecule has 0 rings (SSSR count). The van der Waals surface area contributed by atoms with Crippen molar-refractivity contribution in [2.75, 3.05) is 0 Å². The number of hydrogen-bond acceptors (Lipinski definition) is 14. The molecule has 0 amide bonds. The maximum atomic E-state index is 10.3. The molecule has 7 unspecified atom stereocenters. The molecule has 0 heterocycles. The Kier molecular flexibility index (Phi) is 84.5. The molecule has 1 radical (unpaired) electrons. The van der Waals surface area contributed by atoms with Crippen molar-refractivity contribution in [3.05, 3.63) is 0 Å². The second-order valence-corrected chi connectivity index (χ2v) is 18.0. The molecule has 0 aromatic heterocycles. The molecule has 0 aliphatic carbocycles. The Morgan fingerprint density at radius 2 is 0.319 bits per heavy atom. The van der Waals surface area contributed by atoms with Crippen molar-refractivity contribution in [3.8, 4) is 0 Å². The van der Waals surface area contributed by atoms with Crippen LogP contribution in [-0.4, -0.2) is 41.8 Å². The van der Waals surface area contributed by atoms with Crippen molar-refractivity contribution in [1.82, 2.24) is 0 Å². The van der Waals surface area contributed by atoms with E-state index in [-0.39, 0.29) is 77.0 Å². The van der Waals surface area contributed by atoms with E-state index in [2.05, 4.69) is 48.5 Å². The van der Waals surface area contributed by atoms with Crippen molar-refractivity contribution < 1.29 is 105 Å². The van der Waals surface area contributed by atoms with Crippen LogP contribution in [0.4, 0.5) is 0 Å². The fourth-order valence-electron chi connectivity index (χ4n) is 6.57. The van der Waals surface area contributed by atoms with Crippen molar-refractivity contribution in [2.24, 2.45) is 41.4 Å². The summed E-state index contributed by atoms with van der Waals surface area (Å²) in [5.74, 6) is -7.80. The van der Waals surface area contributed by atoms with E-state index in [1.165, 1.54) is 0 Å². The van der Waals surface area contributed by atoms with Gasteiger partial charge >= 0.3 is 17.1 Å². The normalized spacial score (nSPS) is 12.6. The van der Waals surface area contributed by atoms with Crippen LogP contribution in [0.25, 0.3) is 0 Å². The smallest absolute Gasteiger partial charge is 0.550 e. The molecule has 0 aliphatic rings. The van der Waals surface area contributed by atoms with E-state index in [0.29, 0.717) is 44.9 Å². The first-order chi connectivity index (χ1) is 33.0. The summed E-state index contributed by atoms with van der Waals surface area (Å²) in [6, 6.07) is 0. The summed E-state index contributed by atoms with van der Waals surface area (Å²) in [7, 11) is 0. The van der Waals surface area contributed by atoms with Gasteiger partial charge in [-0.05, 0) is 131 Å². The third kappa shape index (κ3) is 65.4. The van der Waals surface area contributed by atoms with Gasteiger partial charge in [0, 0.05) is 60.3 Å². The average Bonchev–Trinajstić information content (AvgIpc) is 3.31. The van der Waals surface area contributed by atoms with Gasteiger partial charge in [-0.25, -0.2) is 0 Å². The van der Waals surface area contributed by atoms with E-state index in [0.717, 1.165) is 135 Å². The van der Waals surface area contributed by atoms with Crippen LogP contribution < -0.4 is 35.7 Å². The maximum Gasteiger partial charge on any atom is 2.00 e. The first kappa shape index (κ1) is 89.0. The Bertz CT molecular complexity index is 967. The van der Waals surface area contributed by atoms with E-state index in [9.17, 15) is 69.3 Å². The van der Waals surface area contributed by atoms with Gasteiger partial charge in [0.25, 0.3) is 0 Å². The fourth-order valence-corrected chi connectivity index (χ4v) is 6.57. The molecular formula is C56H105FeO14V-5. The molecule has 16 heteroatoms. The Morgan fingerprint density at radius 3 is 0.361 bits per heavy atom. The van der Waals surface area contributed by atoms with Crippen LogP contribution in [-0.2, 0) is 69.2 Å². The standard InChI is InChI=1S/7C8H16O2.Fe.V/c7*1-3-5-6-7(4-2)8(9)10;;/h7*7H,3-6H2,1-2H3,(H,9,10);;/q;;;;;;;+2;/p-7. The number of aliphatic carboxylic acids is 7. The van der Waals surface area contributed by atoms with Crippen LogP contribution in [0.1, 0.15) is 277 Å². The molecular weight excluding hydrogens is 1000 g/mol. The number of carboxylic acid groups (broad SMARTS) is 7. The third-order valence-electron chi connectivity index (χ3n) is 12.1. The molecule has 0 bridgehead atoms. The zero-order chi connectivity index (χ0) is 55.9. The van der Waals surface area contributed by atoms with Crippen LogP contribution in [0.5, 0.6) is 0 Å². The Hall–Kier alpha value is -2.61. The van der Waals surface area contributed by atoms with Crippen LogP contribution in [0.15, 0.2) is 0 Å². The summed E-state index contributed by atoms with van der Waals surface area (Å²) in [4.78, 5) is 72.3. The van der Waals surface area contributed by atoms with Gasteiger partial charge in [0.1, 0.15) is 0 Å². The van der Waals surface area contributed by atoms with Crippen molar-refractivity contribution in [2.45, 2.75) is 277 Å². The van der Waals surface area contributed by atoms with Crippen molar-refractivity contribution >= 4 is 41.8 Å². The molecule has 0 saturated heterocycles. The first-order valence-corrected chi connectivity index (χ1v) is 27.5. The predicted octanol–water partition coefficient (Wildman–Crippen LogP) is 6.66. The van der Waals surface area contributed by atoms with Gasteiger partial charge in [0.05, 0.1) is 0 Å². The number of unbranched alkanes of at least 4 members (excludes halogenated alkanes) is 7. The molecule has 0 aliphatic heterocycles. The van der Waals surface area contributed by atoms with E-state index in [1.807, 2.05) is 48.5 Å². The summed E-state index contributed by atoms with van der Waals surface area (Å²) >= 11 is 0. The molecule has 0 N–H and O–H groups in total. The van der Waals surface area contributed by atoms with Gasteiger partial charge in [-0.3, -0.25) is 0 Å². The molecule has 14 nitrogen and oxygen atoms in total. The largest absolute Gasteiger partial charge is 2.00 e. The number of rotatable bonds is 35. The van der Waals surface area contributed by atoms with Crippen LogP contribution >= 0.6 is 0 Å². The van der Waals surface area contributed by atoms with Gasteiger partial charge in [-0.1, -0.05) is 187 Å². The second-order valence-electron chi connectivity index (χ2n) is 18.0. The SMILES string of the molecule is CCCCC(CC)C(=O)[O-].CCCCC(CC)C(=O)[O-].CCCCC(CC)C(=O)[O-].CCCCC(CC)C(=O)[O-].CCCCC(CC)C(=O)[O-].CCCCC(CC)C(=O)[O-].CCCCC(CC)C(=O)[O-].[Fe+2].[V]. The van der Waals surface area contributed by atoms with E-state index in [4.69, 9.17) is 0 Å². The number of carboxylic acids is 7. The molecule has 0 aromatic rings. The van der Waals surface area contributed by atoms with Crippen LogP contribution in [0.2, 0.25) is 0 Å². The minimum absolute atomic E-state index is 0. The topological polar surface area (TPSA) is 281 Å². The molecule has 431 valence electrons. The van der Waals surface area contributed by atoms with Crippen LogP contribution in [0.3, 0.4) is 0 Å². The van der Waals surface area contributed by atoms with Crippen LogP contribution in [0, 0.1) is 41.4 Å². The monoisotopic (exact) mass is 1110 g/mol. The second kappa shape index (κ2) is 68.4. The first-order valence-electron chi connectivity index (χ1n) is 27.5. The van der Waals surface area contributed by atoms with Gasteiger partial charge in [0.15, 0.2) is 0 Å². The summed E-state index contributed by atoms with van der Waals surface area (Å²) in [5, 5.41) is 72.3. The van der Waals surface area contributed by atoms with Crippen molar-refractivity contribution in [3.63, 3.8) is 0 Å².